The molecular formula is C24H30N4O4. The summed E-state index contributed by atoms with van der Waals surface area (Å²) in [4.78, 5) is 40.9. The summed E-state index contributed by atoms with van der Waals surface area (Å²) in [6, 6.07) is 9.48. The number of ether oxygens (including phenoxy) is 1. The van der Waals surface area contributed by atoms with Crippen LogP contribution in [0.25, 0.3) is 0 Å². The number of aryl methyl sites for hydroxylation is 1. The molecule has 2 amide bonds. The highest BCUT2D eigenvalue weighted by Crippen LogP contribution is 2.30. The van der Waals surface area contributed by atoms with Crippen molar-refractivity contribution in [2.75, 3.05) is 6.61 Å². The molecule has 32 heavy (non-hydrogen) atoms. The molecule has 0 radical (unpaired) electrons. The summed E-state index contributed by atoms with van der Waals surface area (Å²) in [6.07, 6.45) is 4.10. The topological polar surface area (TPSA) is 93.5 Å². The van der Waals surface area contributed by atoms with E-state index >= 15 is 0 Å². The van der Waals surface area contributed by atoms with Crippen LogP contribution in [-0.4, -0.2) is 50.7 Å². The van der Waals surface area contributed by atoms with Gasteiger partial charge < -0.3 is 15.0 Å². The Labute approximate surface area is 187 Å². The maximum Gasteiger partial charge on any atom is 0.358 e. The van der Waals surface area contributed by atoms with Gasteiger partial charge in [-0.15, -0.1) is 0 Å². The van der Waals surface area contributed by atoms with Crippen molar-refractivity contribution in [1.82, 2.24) is 20.0 Å². The molecule has 8 heteroatoms. The van der Waals surface area contributed by atoms with Crippen LogP contribution in [0.4, 0.5) is 0 Å². The summed E-state index contributed by atoms with van der Waals surface area (Å²) in [6.45, 7) is 6.16. The Morgan fingerprint density at radius 2 is 2.00 bits per heavy atom. The molecule has 8 nitrogen and oxygen atoms in total. The monoisotopic (exact) mass is 438 g/mol. The van der Waals surface area contributed by atoms with E-state index in [1.165, 1.54) is 10.7 Å². The summed E-state index contributed by atoms with van der Waals surface area (Å²) in [5.41, 5.74) is 1.24. The van der Waals surface area contributed by atoms with Crippen molar-refractivity contribution in [3.8, 4) is 0 Å². The van der Waals surface area contributed by atoms with Gasteiger partial charge in [-0.25, -0.2) is 4.79 Å². The molecule has 2 heterocycles. The predicted molar refractivity (Wildman–Crippen MR) is 118 cm³/mol. The van der Waals surface area contributed by atoms with Gasteiger partial charge in [-0.05, 0) is 39.2 Å². The van der Waals surface area contributed by atoms with E-state index in [9.17, 15) is 14.4 Å². The first kappa shape index (κ1) is 22.0. The minimum absolute atomic E-state index is 0.0751. The Balaban J connectivity index is 1.70. The SMILES string of the molecule is CCOC(=O)c1cc2n(n1)C[C@](C)(C(=O)NC1CCCC1)N(Cc1cccc(C)c1)C2=O. The number of carbonyl (C=O) groups excluding carboxylic acids is 3. The number of rotatable bonds is 6. The summed E-state index contributed by atoms with van der Waals surface area (Å²) >= 11 is 0. The van der Waals surface area contributed by atoms with Gasteiger partial charge in [-0.2, -0.15) is 5.10 Å². The van der Waals surface area contributed by atoms with Gasteiger partial charge in [0.05, 0.1) is 13.2 Å². The molecule has 4 rings (SSSR count). The van der Waals surface area contributed by atoms with Crippen LogP contribution >= 0.6 is 0 Å². The zero-order valence-corrected chi connectivity index (χ0v) is 18.9. The van der Waals surface area contributed by atoms with Crippen LogP contribution < -0.4 is 5.32 Å². The van der Waals surface area contributed by atoms with Crippen LogP contribution in [0, 0.1) is 6.92 Å². The third-order valence-corrected chi connectivity index (χ3v) is 6.38. The van der Waals surface area contributed by atoms with Gasteiger partial charge in [0.1, 0.15) is 11.2 Å². The van der Waals surface area contributed by atoms with Gasteiger partial charge in [-0.1, -0.05) is 42.7 Å². The van der Waals surface area contributed by atoms with E-state index < -0.39 is 11.5 Å². The quantitative estimate of drug-likeness (QED) is 0.700. The third kappa shape index (κ3) is 4.13. The number of esters is 1. The molecule has 1 N–H and O–H groups in total. The molecule has 1 aliphatic carbocycles. The van der Waals surface area contributed by atoms with Crippen LogP contribution in [0.15, 0.2) is 30.3 Å². The molecule has 1 aromatic heterocycles. The average Bonchev–Trinajstić information content (AvgIpc) is 3.41. The first-order valence-electron chi connectivity index (χ1n) is 11.3. The van der Waals surface area contributed by atoms with E-state index in [4.69, 9.17) is 4.74 Å². The number of benzene rings is 1. The molecule has 1 aromatic carbocycles. The highest BCUT2D eigenvalue weighted by Gasteiger charge is 2.48. The number of nitrogens with zero attached hydrogens (tertiary/aromatic N) is 3. The number of nitrogens with one attached hydrogen (secondary N) is 1. The number of fused-ring (bicyclic) bond motifs is 1. The van der Waals surface area contributed by atoms with Crippen LogP contribution in [-0.2, 0) is 22.6 Å². The maximum atomic E-state index is 13.6. The molecule has 0 spiro atoms. The minimum atomic E-state index is -1.14. The van der Waals surface area contributed by atoms with Crippen molar-refractivity contribution in [2.45, 2.75) is 71.1 Å². The molecule has 1 atom stereocenters. The normalized spacial score (nSPS) is 20.8. The van der Waals surface area contributed by atoms with E-state index in [2.05, 4.69) is 10.4 Å². The van der Waals surface area contributed by atoms with Crippen molar-refractivity contribution in [3.63, 3.8) is 0 Å². The van der Waals surface area contributed by atoms with Gasteiger partial charge in [0, 0.05) is 18.7 Å². The Morgan fingerprint density at radius 3 is 2.69 bits per heavy atom. The number of carbonyl (C=O) groups is 3. The maximum absolute atomic E-state index is 13.6. The van der Waals surface area contributed by atoms with E-state index in [1.54, 1.807) is 18.7 Å². The highest BCUT2D eigenvalue weighted by atomic mass is 16.5. The van der Waals surface area contributed by atoms with Crippen molar-refractivity contribution in [2.24, 2.45) is 0 Å². The van der Waals surface area contributed by atoms with Gasteiger partial charge in [0.15, 0.2) is 5.69 Å². The molecular weight excluding hydrogens is 408 g/mol. The Morgan fingerprint density at radius 1 is 1.25 bits per heavy atom. The second-order valence-corrected chi connectivity index (χ2v) is 8.90. The summed E-state index contributed by atoms with van der Waals surface area (Å²) in [5, 5.41) is 7.45. The predicted octanol–water partition coefficient (Wildman–Crippen LogP) is 2.84. The second kappa shape index (κ2) is 8.76. The van der Waals surface area contributed by atoms with Gasteiger partial charge in [0.25, 0.3) is 5.91 Å². The van der Waals surface area contributed by atoms with Gasteiger partial charge in [-0.3, -0.25) is 14.3 Å². The summed E-state index contributed by atoms with van der Waals surface area (Å²) in [7, 11) is 0. The molecule has 2 aliphatic rings. The zero-order valence-electron chi connectivity index (χ0n) is 18.9. The van der Waals surface area contributed by atoms with Gasteiger partial charge >= 0.3 is 5.97 Å². The minimum Gasteiger partial charge on any atom is -0.461 e. The van der Waals surface area contributed by atoms with E-state index in [0.29, 0.717) is 0 Å². The summed E-state index contributed by atoms with van der Waals surface area (Å²) < 4.78 is 6.51. The average molecular weight is 439 g/mol. The standard InChI is InChI=1S/C24H30N4O4/c1-4-32-22(30)19-13-20-21(29)27(14-17-9-7-8-16(2)12-17)24(3,15-28(20)26-19)23(31)25-18-10-5-6-11-18/h7-9,12-13,18H,4-6,10-11,14-15H2,1-3H3,(H,25,31)/t24-/m1/s1. The molecule has 1 saturated carbocycles. The molecule has 1 fully saturated rings. The molecule has 0 saturated heterocycles. The van der Waals surface area contributed by atoms with E-state index in [-0.39, 0.29) is 48.9 Å². The zero-order chi connectivity index (χ0) is 22.9. The first-order chi connectivity index (χ1) is 15.3. The fourth-order valence-electron chi connectivity index (χ4n) is 4.60. The first-order valence-corrected chi connectivity index (χ1v) is 11.3. The number of hydrogen-bond donors (Lipinski definition) is 1. The largest absolute Gasteiger partial charge is 0.461 e. The van der Waals surface area contributed by atoms with Gasteiger partial charge in [0.2, 0.25) is 5.91 Å². The second-order valence-electron chi connectivity index (χ2n) is 8.90. The van der Waals surface area contributed by atoms with Crippen LogP contribution in [0.5, 0.6) is 0 Å². The molecule has 170 valence electrons. The lowest BCUT2D eigenvalue weighted by Gasteiger charge is -2.43. The van der Waals surface area contributed by atoms with Crippen LogP contribution in [0.3, 0.4) is 0 Å². The summed E-state index contributed by atoms with van der Waals surface area (Å²) in [5.74, 6) is -1.10. The smallest absolute Gasteiger partial charge is 0.358 e. The molecule has 0 bridgehead atoms. The third-order valence-electron chi connectivity index (χ3n) is 6.38. The Bertz CT molecular complexity index is 1040. The lowest BCUT2D eigenvalue weighted by atomic mass is 9.93. The van der Waals surface area contributed by atoms with Crippen LogP contribution in [0.2, 0.25) is 0 Å². The molecule has 0 unspecified atom stereocenters. The van der Waals surface area contributed by atoms with Crippen molar-refractivity contribution in [3.05, 3.63) is 52.8 Å². The molecule has 1 aliphatic heterocycles. The number of hydrogen-bond acceptors (Lipinski definition) is 5. The Kier molecular flexibility index (Phi) is 6.04. The fourth-order valence-corrected chi connectivity index (χ4v) is 4.60. The number of amides is 2. The molecule has 2 aromatic rings. The van der Waals surface area contributed by atoms with Crippen molar-refractivity contribution >= 4 is 17.8 Å². The van der Waals surface area contributed by atoms with E-state index in [0.717, 1.165) is 36.8 Å². The van der Waals surface area contributed by atoms with Crippen molar-refractivity contribution in [1.29, 1.82) is 0 Å². The van der Waals surface area contributed by atoms with E-state index in [1.807, 2.05) is 31.2 Å². The van der Waals surface area contributed by atoms with Crippen LogP contribution in [0.1, 0.15) is 71.6 Å². The number of aromatic nitrogens is 2. The lowest BCUT2D eigenvalue weighted by Crippen LogP contribution is -2.64. The highest BCUT2D eigenvalue weighted by molar-refractivity contribution is 6.01. The fraction of sp³-hybridized carbons (Fsp3) is 0.500. The lowest BCUT2D eigenvalue weighted by molar-refractivity contribution is -0.134. The van der Waals surface area contributed by atoms with Crippen molar-refractivity contribution < 1.29 is 19.1 Å². The Hall–Kier alpha value is -3.16.